The highest BCUT2D eigenvalue weighted by atomic mass is 32.1. The summed E-state index contributed by atoms with van der Waals surface area (Å²) in [6.45, 7) is 0. The highest BCUT2D eigenvalue weighted by Gasteiger charge is 1.60. The lowest BCUT2D eigenvalue weighted by Gasteiger charge is -1.38. The van der Waals surface area contributed by atoms with Crippen LogP contribution in [0.4, 0.5) is 0 Å². The average Bonchev–Trinajstić information content (AvgIpc) is 1.76. The fourth-order valence-corrected chi connectivity index (χ4v) is 0.408. The van der Waals surface area contributed by atoms with Crippen LogP contribution in [0.1, 0.15) is 0 Å². The summed E-state index contributed by atoms with van der Waals surface area (Å²) in [7, 11) is 0. The van der Waals surface area contributed by atoms with E-state index in [0.29, 0.717) is 0 Å². The third-order valence-electron chi connectivity index (χ3n) is 0.283. The van der Waals surface area contributed by atoms with E-state index < -0.39 is 0 Å². The Morgan fingerprint density at radius 2 is 2.33 bits per heavy atom. The lowest BCUT2D eigenvalue weighted by atomic mass is 11.4. The van der Waals surface area contributed by atoms with Gasteiger partial charge in [-0.15, -0.1) is 0 Å². The molecule has 1 rings (SSSR count). The molecule has 1 aromatic heterocycles. The maximum Gasteiger partial charge on any atom is 0.129 e. The first kappa shape index (κ1) is 5.91. The van der Waals surface area contributed by atoms with E-state index in [2.05, 4.69) is 9.36 Å². The lowest BCUT2D eigenvalue weighted by molar-refractivity contribution is 1.33. The van der Waals surface area contributed by atoms with E-state index in [1.807, 2.05) is 0 Å². The average molecular weight is 120 g/mol. The Labute approximate surface area is 46.8 Å². The molecule has 0 radical (unpaired) electrons. The van der Waals surface area contributed by atoms with Crippen molar-refractivity contribution in [3.8, 4) is 0 Å². The van der Waals surface area contributed by atoms with Crippen LogP contribution in [0, 0.1) is 0 Å². The van der Waals surface area contributed by atoms with Gasteiger partial charge in [-0.25, -0.2) is 4.98 Å². The van der Waals surface area contributed by atoms with Crippen LogP contribution < -0.4 is 0 Å². The SMILES string of the molecule is S.c1ncsn1. The van der Waals surface area contributed by atoms with Gasteiger partial charge in [-0.05, 0) is 11.5 Å². The highest BCUT2D eigenvalue weighted by molar-refractivity contribution is 7.59. The Kier molecular flexibility index (Phi) is 3.07. The molecular weight excluding hydrogens is 116 g/mol. The fraction of sp³-hybridized carbons (Fsp3) is 0. The van der Waals surface area contributed by atoms with E-state index >= 15 is 0 Å². The standard InChI is InChI=1S/C2H2N2S.H2S/c1-3-2-5-4-1;/h1-2H;1H2. The molecule has 0 aromatic carbocycles. The summed E-state index contributed by atoms with van der Waals surface area (Å²) in [5.41, 5.74) is 1.68. The van der Waals surface area contributed by atoms with Gasteiger partial charge in [0.25, 0.3) is 0 Å². The van der Waals surface area contributed by atoms with Crippen molar-refractivity contribution in [2.45, 2.75) is 0 Å². The van der Waals surface area contributed by atoms with Gasteiger partial charge in [0.05, 0.1) is 0 Å². The predicted octanol–water partition coefficient (Wildman–Crippen LogP) is 0.651. The number of hydrogen-bond acceptors (Lipinski definition) is 3. The van der Waals surface area contributed by atoms with Crippen molar-refractivity contribution in [3.05, 3.63) is 11.8 Å². The molecule has 0 atom stereocenters. The maximum absolute atomic E-state index is 3.65. The minimum Gasteiger partial charge on any atom is -0.231 e. The van der Waals surface area contributed by atoms with Gasteiger partial charge in [0.2, 0.25) is 0 Å². The van der Waals surface area contributed by atoms with Gasteiger partial charge in [0, 0.05) is 0 Å². The summed E-state index contributed by atoms with van der Waals surface area (Å²) in [5, 5.41) is 0. The summed E-state index contributed by atoms with van der Waals surface area (Å²) >= 11 is 1.35. The van der Waals surface area contributed by atoms with Crippen LogP contribution in [-0.2, 0) is 0 Å². The summed E-state index contributed by atoms with van der Waals surface area (Å²) in [5.74, 6) is 0. The summed E-state index contributed by atoms with van der Waals surface area (Å²) in [6, 6.07) is 0. The van der Waals surface area contributed by atoms with Crippen molar-refractivity contribution in [1.29, 1.82) is 0 Å². The van der Waals surface area contributed by atoms with Crippen molar-refractivity contribution in [3.63, 3.8) is 0 Å². The molecule has 2 nitrogen and oxygen atoms in total. The van der Waals surface area contributed by atoms with Crippen molar-refractivity contribution < 1.29 is 0 Å². The van der Waals surface area contributed by atoms with Crippen molar-refractivity contribution >= 4 is 25.0 Å². The zero-order valence-corrected chi connectivity index (χ0v) is 4.77. The summed E-state index contributed by atoms with van der Waals surface area (Å²) < 4.78 is 3.65. The van der Waals surface area contributed by atoms with Gasteiger partial charge in [0.15, 0.2) is 0 Å². The van der Waals surface area contributed by atoms with Crippen molar-refractivity contribution in [1.82, 2.24) is 9.36 Å². The monoisotopic (exact) mass is 120 g/mol. The molecule has 0 spiro atoms. The van der Waals surface area contributed by atoms with Crippen LogP contribution in [-0.4, -0.2) is 9.36 Å². The van der Waals surface area contributed by atoms with Crippen LogP contribution in [0.15, 0.2) is 11.8 Å². The second-order valence-corrected chi connectivity index (χ2v) is 1.21. The van der Waals surface area contributed by atoms with Gasteiger partial charge in [-0.2, -0.15) is 17.9 Å². The second kappa shape index (κ2) is 3.11. The van der Waals surface area contributed by atoms with E-state index in [9.17, 15) is 0 Å². The van der Waals surface area contributed by atoms with Gasteiger partial charge in [-0.3, -0.25) is 0 Å². The molecular formula is C2H4N2S2. The minimum atomic E-state index is 0. The van der Waals surface area contributed by atoms with Crippen LogP contribution in [0.2, 0.25) is 0 Å². The minimum absolute atomic E-state index is 0. The molecule has 4 heteroatoms. The zero-order chi connectivity index (χ0) is 3.54. The Bertz CT molecular complexity index is 66.0. The molecule has 0 saturated carbocycles. The fourth-order valence-electron chi connectivity index (χ4n) is 0.136. The van der Waals surface area contributed by atoms with Gasteiger partial charge < -0.3 is 0 Å². The Hall–Kier alpha value is -0.0900. The number of hydrogen-bond donors (Lipinski definition) is 0. The van der Waals surface area contributed by atoms with Crippen LogP contribution in [0.25, 0.3) is 0 Å². The second-order valence-electron chi connectivity index (χ2n) is 0.581. The molecule has 0 aliphatic rings. The normalized spacial score (nSPS) is 6.67. The number of nitrogens with zero attached hydrogens (tertiary/aromatic N) is 2. The summed E-state index contributed by atoms with van der Waals surface area (Å²) in [4.78, 5) is 3.63. The molecule has 0 saturated heterocycles. The molecule has 1 heterocycles. The highest BCUT2D eigenvalue weighted by Crippen LogP contribution is 1.77. The first-order chi connectivity index (χ1) is 2.50. The van der Waals surface area contributed by atoms with E-state index in [0.717, 1.165) is 0 Å². The van der Waals surface area contributed by atoms with E-state index in [4.69, 9.17) is 0 Å². The molecule has 0 bridgehead atoms. The first-order valence-electron chi connectivity index (χ1n) is 1.19. The topological polar surface area (TPSA) is 25.8 Å². The van der Waals surface area contributed by atoms with Crippen molar-refractivity contribution in [2.75, 3.05) is 0 Å². The summed E-state index contributed by atoms with van der Waals surface area (Å²) in [6.07, 6.45) is 1.52. The number of rotatable bonds is 0. The Morgan fingerprint density at radius 3 is 2.50 bits per heavy atom. The van der Waals surface area contributed by atoms with Crippen LogP contribution in [0.3, 0.4) is 0 Å². The molecule has 0 fully saturated rings. The smallest absolute Gasteiger partial charge is 0.129 e. The third kappa shape index (κ3) is 1.37. The first-order valence-corrected chi connectivity index (χ1v) is 2.03. The van der Waals surface area contributed by atoms with E-state index in [-0.39, 0.29) is 13.5 Å². The van der Waals surface area contributed by atoms with Crippen molar-refractivity contribution in [2.24, 2.45) is 0 Å². The largest absolute Gasteiger partial charge is 0.231 e. The van der Waals surface area contributed by atoms with Gasteiger partial charge in [-0.1, -0.05) is 0 Å². The zero-order valence-electron chi connectivity index (χ0n) is 2.96. The molecule has 0 unspecified atom stereocenters. The number of aromatic nitrogens is 2. The molecule has 0 aliphatic carbocycles. The lowest BCUT2D eigenvalue weighted by Crippen LogP contribution is -1.43. The van der Waals surface area contributed by atoms with Gasteiger partial charge in [0.1, 0.15) is 11.8 Å². The molecule has 0 N–H and O–H groups in total. The van der Waals surface area contributed by atoms with Gasteiger partial charge >= 0.3 is 0 Å². The quantitative estimate of drug-likeness (QED) is 0.502. The Balaban J connectivity index is 0.000000250. The molecule has 6 heavy (non-hydrogen) atoms. The van der Waals surface area contributed by atoms with E-state index in [1.54, 1.807) is 5.51 Å². The molecule has 0 aliphatic heterocycles. The van der Waals surface area contributed by atoms with Crippen LogP contribution in [0.5, 0.6) is 0 Å². The Morgan fingerprint density at radius 1 is 1.50 bits per heavy atom. The molecule has 0 amide bonds. The third-order valence-corrected chi connectivity index (χ3v) is 0.715. The van der Waals surface area contributed by atoms with E-state index in [1.165, 1.54) is 17.9 Å². The molecule has 1 aromatic rings. The van der Waals surface area contributed by atoms with Crippen LogP contribution >= 0.6 is 25.0 Å². The molecule has 34 valence electrons. The predicted molar refractivity (Wildman–Crippen MR) is 30.3 cm³/mol. The maximum atomic E-state index is 3.65.